The number of benzene rings is 2. The predicted octanol–water partition coefficient (Wildman–Crippen LogP) is 2.93. The van der Waals surface area contributed by atoms with Gasteiger partial charge in [-0.2, -0.15) is 0 Å². The van der Waals surface area contributed by atoms with Crippen LogP contribution in [0, 0.1) is 5.82 Å². The summed E-state index contributed by atoms with van der Waals surface area (Å²) in [5.74, 6) is 1.39. The van der Waals surface area contributed by atoms with Crippen molar-refractivity contribution < 1.29 is 23.4 Å². The molecule has 1 N–H and O–H groups in total. The Morgan fingerprint density at radius 1 is 1.17 bits per heavy atom. The van der Waals surface area contributed by atoms with Gasteiger partial charge in [-0.15, -0.1) is 0 Å². The minimum absolute atomic E-state index is 0.0493. The van der Waals surface area contributed by atoms with Gasteiger partial charge in [0.15, 0.2) is 23.1 Å². The lowest BCUT2D eigenvalue weighted by Crippen LogP contribution is -2.38. The molecule has 154 valence electrons. The largest absolute Gasteiger partial charge is 0.489 e. The van der Waals surface area contributed by atoms with Gasteiger partial charge in [-0.25, -0.2) is 4.39 Å². The van der Waals surface area contributed by atoms with Crippen LogP contribution in [0.4, 0.5) is 4.39 Å². The molecule has 0 unspecified atom stereocenters. The molecule has 0 radical (unpaired) electrons. The Hall–Kier alpha value is -2.80. The number of amides is 1. The first-order valence-corrected chi connectivity index (χ1v) is 9.99. The molecule has 1 amide bonds. The Balaban J connectivity index is 1.27. The summed E-state index contributed by atoms with van der Waals surface area (Å²) in [4.78, 5) is 14.6. The number of hydrogen-bond donors (Lipinski definition) is 1. The van der Waals surface area contributed by atoms with Crippen LogP contribution in [0.25, 0.3) is 0 Å². The van der Waals surface area contributed by atoms with E-state index in [1.54, 1.807) is 18.2 Å². The van der Waals surface area contributed by atoms with Crippen LogP contribution in [0.5, 0.6) is 17.2 Å². The van der Waals surface area contributed by atoms with Crippen molar-refractivity contribution in [3.8, 4) is 17.2 Å². The van der Waals surface area contributed by atoms with E-state index >= 15 is 0 Å². The van der Waals surface area contributed by atoms with Crippen LogP contribution in [0.15, 0.2) is 42.5 Å². The molecular formula is C22H25FN2O4. The molecule has 2 aliphatic rings. The van der Waals surface area contributed by atoms with Crippen LogP contribution in [-0.2, 0) is 4.79 Å². The highest BCUT2D eigenvalue weighted by atomic mass is 19.1. The Morgan fingerprint density at radius 3 is 2.86 bits per heavy atom. The molecule has 2 aromatic rings. The van der Waals surface area contributed by atoms with E-state index in [0.29, 0.717) is 26.4 Å². The highest BCUT2D eigenvalue weighted by Gasteiger charge is 2.30. The van der Waals surface area contributed by atoms with Gasteiger partial charge in [-0.1, -0.05) is 18.2 Å². The highest BCUT2D eigenvalue weighted by molar-refractivity contribution is 5.79. The summed E-state index contributed by atoms with van der Waals surface area (Å²) < 4.78 is 30.2. The summed E-state index contributed by atoms with van der Waals surface area (Å²) in [7, 11) is 0. The van der Waals surface area contributed by atoms with Crippen LogP contribution < -0.4 is 19.5 Å². The Kier molecular flexibility index (Phi) is 6.14. The molecule has 2 heterocycles. The number of hydrogen-bond acceptors (Lipinski definition) is 5. The van der Waals surface area contributed by atoms with E-state index in [1.807, 2.05) is 23.1 Å². The molecule has 6 nitrogen and oxygen atoms in total. The van der Waals surface area contributed by atoms with E-state index in [4.69, 9.17) is 14.2 Å². The van der Waals surface area contributed by atoms with Crippen molar-refractivity contribution in [1.82, 2.24) is 10.2 Å². The lowest BCUT2D eigenvalue weighted by Gasteiger charge is -2.27. The van der Waals surface area contributed by atoms with Gasteiger partial charge in [0, 0.05) is 13.1 Å². The van der Waals surface area contributed by atoms with Gasteiger partial charge in [0.1, 0.15) is 19.8 Å². The summed E-state index contributed by atoms with van der Waals surface area (Å²) in [5, 5.41) is 3.09. The number of carbonyl (C=O) groups excluding carboxylic acids is 1. The SMILES string of the molecule is O=C(CNCCOc1ccccc1F)N1CCC[C@@H]1c1ccc2c(c1)OCCO2. The number of nitrogens with one attached hydrogen (secondary N) is 1. The molecule has 0 bridgehead atoms. The Bertz CT molecular complexity index is 860. The number of nitrogens with zero attached hydrogens (tertiary/aromatic N) is 1. The monoisotopic (exact) mass is 400 g/mol. The number of likely N-dealkylation sites (tertiary alicyclic amines) is 1. The number of para-hydroxylation sites is 1. The van der Waals surface area contributed by atoms with Crippen LogP contribution in [0.1, 0.15) is 24.4 Å². The summed E-state index contributed by atoms with van der Waals surface area (Å²) in [5.41, 5.74) is 1.07. The zero-order chi connectivity index (χ0) is 20.1. The molecule has 1 atom stereocenters. The van der Waals surface area contributed by atoms with Crippen molar-refractivity contribution in [3.63, 3.8) is 0 Å². The maximum atomic E-state index is 13.5. The van der Waals surface area contributed by atoms with E-state index in [2.05, 4.69) is 5.32 Å². The van der Waals surface area contributed by atoms with E-state index < -0.39 is 0 Å². The van der Waals surface area contributed by atoms with Crippen LogP contribution >= 0.6 is 0 Å². The third-order valence-corrected chi connectivity index (χ3v) is 5.17. The Morgan fingerprint density at radius 2 is 2.00 bits per heavy atom. The van der Waals surface area contributed by atoms with Gasteiger partial charge in [0.05, 0.1) is 12.6 Å². The number of carbonyl (C=O) groups is 1. The average molecular weight is 400 g/mol. The summed E-state index contributed by atoms with van der Waals surface area (Å²) in [6.45, 7) is 2.82. The Labute approximate surface area is 169 Å². The van der Waals surface area contributed by atoms with Gasteiger partial charge in [0.2, 0.25) is 5.91 Å². The van der Waals surface area contributed by atoms with Crippen molar-refractivity contribution in [3.05, 3.63) is 53.8 Å². The number of rotatable bonds is 7. The molecule has 7 heteroatoms. The first-order valence-electron chi connectivity index (χ1n) is 9.99. The summed E-state index contributed by atoms with van der Waals surface area (Å²) in [6, 6.07) is 12.3. The molecule has 2 aromatic carbocycles. The number of halogens is 1. The second-order valence-corrected chi connectivity index (χ2v) is 7.10. The van der Waals surface area contributed by atoms with E-state index in [1.165, 1.54) is 6.07 Å². The van der Waals surface area contributed by atoms with Gasteiger partial charge in [-0.05, 0) is 42.7 Å². The zero-order valence-electron chi connectivity index (χ0n) is 16.2. The lowest BCUT2D eigenvalue weighted by molar-refractivity contribution is -0.131. The minimum Gasteiger partial charge on any atom is -0.489 e. The maximum absolute atomic E-state index is 13.5. The quantitative estimate of drug-likeness (QED) is 0.725. The molecule has 29 heavy (non-hydrogen) atoms. The molecular weight excluding hydrogens is 375 g/mol. The molecule has 1 saturated heterocycles. The van der Waals surface area contributed by atoms with Gasteiger partial charge >= 0.3 is 0 Å². The molecule has 2 aliphatic heterocycles. The predicted molar refractivity (Wildman–Crippen MR) is 106 cm³/mol. The topological polar surface area (TPSA) is 60.0 Å². The van der Waals surface area contributed by atoms with Crippen molar-refractivity contribution >= 4 is 5.91 Å². The molecule has 1 fully saturated rings. The third kappa shape index (κ3) is 4.62. The fourth-order valence-corrected chi connectivity index (χ4v) is 3.77. The fraction of sp³-hybridized carbons (Fsp3) is 0.409. The lowest BCUT2D eigenvalue weighted by atomic mass is 10.0. The van der Waals surface area contributed by atoms with Crippen molar-refractivity contribution in [2.75, 3.05) is 39.5 Å². The highest BCUT2D eigenvalue weighted by Crippen LogP contribution is 2.38. The van der Waals surface area contributed by atoms with Crippen LogP contribution in [-0.4, -0.2) is 50.3 Å². The number of ether oxygens (including phenoxy) is 3. The molecule has 0 saturated carbocycles. The molecule has 4 rings (SSSR count). The standard InChI is InChI=1S/C22H25FN2O4/c23-17-4-1-2-6-19(17)27-11-9-24-15-22(26)25-10-3-5-18(25)16-7-8-20-21(14-16)29-13-12-28-20/h1-2,4,6-8,14,18,24H,3,5,9-13,15H2/t18-/m1/s1. The van der Waals surface area contributed by atoms with Gasteiger partial charge in [0.25, 0.3) is 0 Å². The molecule has 0 aliphatic carbocycles. The van der Waals surface area contributed by atoms with E-state index in [9.17, 15) is 9.18 Å². The number of fused-ring (bicyclic) bond motifs is 1. The zero-order valence-corrected chi connectivity index (χ0v) is 16.2. The summed E-state index contributed by atoms with van der Waals surface area (Å²) >= 11 is 0. The minimum atomic E-state index is -0.386. The first-order chi connectivity index (χ1) is 14.2. The third-order valence-electron chi connectivity index (χ3n) is 5.17. The van der Waals surface area contributed by atoms with Gasteiger partial charge in [-0.3, -0.25) is 4.79 Å². The van der Waals surface area contributed by atoms with Crippen molar-refractivity contribution in [2.45, 2.75) is 18.9 Å². The smallest absolute Gasteiger partial charge is 0.237 e. The molecule has 0 aromatic heterocycles. The maximum Gasteiger partial charge on any atom is 0.237 e. The van der Waals surface area contributed by atoms with Crippen molar-refractivity contribution in [2.24, 2.45) is 0 Å². The second kappa shape index (κ2) is 9.13. The van der Waals surface area contributed by atoms with E-state index in [-0.39, 0.29) is 30.1 Å². The van der Waals surface area contributed by atoms with Crippen LogP contribution in [0.3, 0.4) is 0 Å². The summed E-state index contributed by atoms with van der Waals surface area (Å²) in [6.07, 6.45) is 1.91. The average Bonchev–Trinajstić information content (AvgIpc) is 3.24. The second-order valence-electron chi connectivity index (χ2n) is 7.10. The molecule has 0 spiro atoms. The van der Waals surface area contributed by atoms with Crippen molar-refractivity contribution in [1.29, 1.82) is 0 Å². The normalized spacial score (nSPS) is 18.0. The van der Waals surface area contributed by atoms with E-state index in [0.717, 1.165) is 36.4 Å². The first kappa shape index (κ1) is 19.5. The van der Waals surface area contributed by atoms with Crippen LogP contribution in [0.2, 0.25) is 0 Å². The van der Waals surface area contributed by atoms with Gasteiger partial charge < -0.3 is 24.4 Å². The fourth-order valence-electron chi connectivity index (χ4n) is 3.77.